The maximum Gasteiger partial charge on any atom is 0.243 e. The lowest BCUT2D eigenvalue weighted by atomic mass is 10.0. The molecule has 21 heavy (non-hydrogen) atoms. The van der Waals surface area contributed by atoms with Gasteiger partial charge in [0.05, 0.1) is 6.04 Å². The maximum atomic E-state index is 12.5. The Morgan fingerprint density at radius 3 is 3.00 bits per heavy atom. The molecule has 1 aliphatic rings. The van der Waals surface area contributed by atoms with Crippen LogP contribution >= 0.6 is 11.3 Å². The van der Waals surface area contributed by atoms with Crippen LogP contribution in [0.25, 0.3) is 0 Å². The number of rotatable bonds is 5. The average Bonchev–Trinajstić information content (AvgIpc) is 3.01. The highest BCUT2D eigenvalue weighted by molar-refractivity contribution is 7.09. The van der Waals surface area contributed by atoms with Gasteiger partial charge in [-0.05, 0) is 32.6 Å². The highest BCUT2D eigenvalue weighted by Crippen LogP contribution is 2.21. The number of likely N-dealkylation sites (tertiary alicyclic amines) is 1. The second-order valence-corrected chi connectivity index (χ2v) is 6.38. The standard InChI is InChI=1S/C15H23N3O2S/c1-3-6-13(19)18-9-5-4-7-12(18)14(20)17-11(2)15-16-8-10-21-15/h8,10-12H,3-7,9H2,1-2H3,(H,17,20)/t11-,12?/m0/s1. The number of hydrogen-bond donors (Lipinski definition) is 1. The van der Waals surface area contributed by atoms with Crippen LogP contribution in [-0.4, -0.2) is 34.3 Å². The Morgan fingerprint density at radius 2 is 2.33 bits per heavy atom. The Morgan fingerprint density at radius 1 is 1.52 bits per heavy atom. The molecule has 1 aromatic rings. The molecular weight excluding hydrogens is 286 g/mol. The van der Waals surface area contributed by atoms with E-state index in [2.05, 4.69) is 10.3 Å². The highest BCUT2D eigenvalue weighted by Gasteiger charge is 2.32. The van der Waals surface area contributed by atoms with Crippen molar-refractivity contribution in [3.8, 4) is 0 Å². The molecule has 0 bridgehead atoms. The fourth-order valence-electron chi connectivity index (χ4n) is 2.68. The van der Waals surface area contributed by atoms with Gasteiger partial charge < -0.3 is 10.2 Å². The number of carbonyl (C=O) groups is 2. The molecule has 2 heterocycles. The number of amides is 2. The lowest BCUT2D eigenvalue weighted by Crippen LogP contribution is -2.52. The summed E-state index contributed by atoms with van der Waals surface area (Å²) in [7, 11) is 0. The van der Waals surface area contributed by atoms with E-state index < -0.39 is 0 Å². The molecule has 2 amide bonds. The largest absolute Gasteiger partial charge is 0.345 e. The van der Waals surface area contributed by atoms with Crippen molar-refractivity contribution >= 4 is 23.2 Å². The van der Waals surface area contributed by atoms with Crippen LogP contribution in [0.4, 0.5) is 0 Å². The zero-order chi connectivity index (χ0) is 15.2. The first-order chi connectivity index (χ1) is 10.1. The van der Waals surface area contributed by atoms with Gasteiger partial charge >= 0.3 is 0 Å². The first-order valence-corrected chi connectivity index (χ1v) is 8.50. The van der Waals surface area contributed by atoms with Gasteiger partial charge in [0.15, 0.2) is 0 Å². The van der Waals surface area contributed by atoms with Crippen molar-refractivity contribution in [1.29, 1.82) is 0 Å². The van der Waals surface area contributed by atoms with E-state index >= 15 is 0 Å². The van der Waals surface area contributed by atoms with Crippen LogP contribution < -0.4 is 5.32 Å². The molecule has 0 radical (unpaired) electrons. The van der Waals surface area contributed by atoms with Crippen molar-refractivity contribution < 1.29 is 9.59 Å². The first-order valence-electron chi connectivity index (χ1n) is 7.62. The minimum atomic E-state index is -0.319. The highest BCUT2D eigenvalue weighted by atomic mass is 32.1. The number of hydrogen-bond acceptors (Lipinski definition) is 4. The van der Waals surface area contributed by atoms with Crippen molar-refractivity contribution in [3.63, 3.8) is 0 Å². The van der Waals surface area contributed by atoms with Gasteiger partial charge in [0.25, 0.3) is 0 Å². The maximum absolute atomic E-state index is 12.5. The van der Waals surface area contributed by atoms with E-state index in [0.29, 0.717) is 13.0 Å². The minimum Gasteiger partial charge on any atom is -0.345 e. The molecular formula is C15H23N3O2S. The summed E-state index contributed by atoms with van der Waals surface area (Å²) in [4.78, 5) is 30.6. The molecule has 1 aliphatic heterocycles. The molecule has 0 aliphatic carbocycles. The Bertz CT molecular complexity index is 475. The summed E-state index contributed by atoms with van der Waals surface area (Å²) in [6.45, 7) is 4.61. The zero-order valence-electron chi connectivity index (χ0n) is 12.7. The predicted molar refractivity (Wildman–Crippen MR) is 82.9 cm³/mol. The fourth-order valence-corrected chi connectivity index (χ4v) is 3.33. The lowest BCUT2D eigenvalue weighted by Gasteiger charge is -2.35. The molecule has 116 valence electrons. The van der Waals surface area contributed by atoms with Crippen LogP contribution in [0.3, 0.4) is 0 Å². The van der Waals surface area contributed by atoms with Crippen molar-refractivity contribution in [2.75, 3.05) is 6.54 Å². The summed E-state index contributed by atoms with van der Waals surface area (Å²) in [5.74, 6) is 0.0427. The van der Waals surface area contributed by atoms with E-state index in [0.717, 1.165) is 30.7 Å². The summed E-state index contributed by atoms with van der Waals surface area (Å²) >= 11 is 1.53. The van der Waals surface area contributed by atoms with Crippen molar-refractivity contribution in [1.82, 2.24) is 15.2 Å². The van der Waals surface area contributed by atoms with Crippen molar-refractivity contribution in [2.24, 2.45) is 0 Å². The lowest BCUT2D eigenvalue weighted by molar-refractivity contribution is -0.142. The van der Waals surface area contributed by atoms with Gasteiger partial charge in [0, 0.05) is 24.5 Å². The Labute approximate surface area is 129 Å². The molecule has 5 nitrogen and oxygen atoms in total. The molecule has 1 aromatic heterocycles. The van der Waals surface area contributed by atoms with Gasteiger partial charge in [0.2, 0.25) is 11.8 Å². The Balaban J connectivity index is 1.99. The van der Waals surface area contributed by atoms with Crippen molar-refractivity contribution in [2.45, 2.75) is 58.0 Å². The van der Waals surface area contributed by atoms with Gasteiger partial charge in [0.1, 0.15) is 11.0 Å². The number of carbonyl (C=O) groups excluding carboxylic acids is 2. The summed E-state index contributed by atoms with van der Waals surface area (Å²) in [6, 6.07) is -0.428. The summed E-state index contributed by atoms with van der Waals surface area (Å²) < 4.78 is 0. The normalized spacial score (nSPS) is 20.1. The zero-order valence-corrected chi connectivity index (χ0v) is 13.5. The van der Waals surface area contributed by atoms with Gasteiger partial charge in [-0.25, -0.2) is 4.98 Å². The number of aromatic nitrogens is 1. The SMILES string of the molecule is CCCC(=O)N1CCCCC1C(=O)N[C@@H](C)c1nccs1. The molecule has 1 unspecified atom stereocenters. The average molecular weight is 309 g/mol. The van der Waals surface area contributed by atoms with Crippen LogP contribution in [0, 0.1) is 0 Å². The number of nitrogens with one attached hydrogen (secondary N) is 1. The Kier molecular flexibility index (Phi) is 5.73. The van der Waals surface area contributed by atoms with Gasteiger partial charge in [-0.2, -0.15) is 0 Å². The Hall–Kier alpha value is -1.43. The van der Waals surface area contributed by atoms with Crippen molar-refractivity contribution in [3.05, 3.63) is 16.6 Å². The third-order valence-electron chi connectivity index (χ3n) is 3.77. The summed E-state index contributed by atoms with van der Waals surface area (Å²) in [5.41, 5.74) is 0. The summed E-state index contributed by atoms with van der Waals surface area (Å²) in [6.07, 6.45) is 5.82. The van der Waals surface area contributed by atoms with E-state index in [4.69, 9.17) is 0 Å². The third-order valence-corrected chi connectivity index (χ3v) is 4.73. The number of piperidine rings is 1. The fraction of sp³-hybridized carbons (Fsp3) is 0.667. The van der Waals surface area contributed by atoms with Crippen LogP contribution in [0.1, 0.15) is 57.0 Å². The second kappa shape index (κ2) is 7.54. The smallest absolute Gasteiger partial charge is 0.243 e. The van der Waals surface area contributed by atoms with Crippen LogP contribution in [0.15, 0.2) is 11.6 Å². The summed E-state index contributed by atoms with van der Waals surface area (Å²) in [5, 5.41) is 5.79. The number of nitrogens with zero attached hydrogens (tertiary/aromatic N) is 2. The van der Waals surface area contributed by atoms with E-state index in [1.165, 1.54) is 11.3 Å². The predicted octanol–water partition coefficient (Wildman–Crippen LogP) is 2.50. The van der Waals surface area contributed by atoms with Crippen LogP contribution in [0.2, 0.25) is 0 Å². The third kappa shape index (κ3) is 4.03. The van der Waals surface area contributed by atoms with Gasteiger partial charge in [-0.1, -0.05) is 6.92 Å². The molecule has 2 rings (SSSR count). The quantitative estimate of drug-likeness (QED) is 0.909. The van der Waals surface area contributed by atoms with Crippen LogP contribution in [-0.2, 0) is 9.59 Å². The van der Waals surface area contributed by atoms with Gasteiger partial charge in [-0.3, -0.25) is 9.59 Å². The molecule has 2 atom stereocenters. The molecule has 1 fully saturated rings. The number of thiazole rings is 1. The van der Waals surface area contributed by atoms with E-state index in [-0.39, 0.29) is 23.9 Å². The molecule has 0 aromatic carbocycles. The van der Waals surface area contributed by atoms with Gasteiger partial charge in [-0.15, -0.1) is 11.3 Å². The molecule has 1 N–H and O–H groups in total. The minimum absolute atomic E-state index is 0.0538. The molecule has 1 saturated heterocycles. The van der Waals surface area contributed by atoms with E-state index in [1.807, 2.05) is 19.2 Å². The van der Waals surface area contributed by atoms with E-state index in [9.17, 15) is 9.59 Å². The monoisotopic (exact) mass is 309 g/mol. The molecule has 0 spiro atoms. The van der Waals surface area contributed by atoms with E-state index in [1.54, 1.807) is 11.1 Å². The first kappa shape index (κ1) is 15.9. The molecule has 6 heteroatoms. The second-order valence-electron chi connectivity index (χ2n) is 5.45. The topological polar surface area (TPSA) is 62.3 Å². The molecule has 0 saturated carbocycles. The van der Waals surface area contributed by atoms with Crippen LogP contribution in [0.5, 0.6) is 0 Å².